The first kappa shape index (κ1) is 18.1. The Morgan fingerprint density at radius 2 is 1.89 bits per heavy atom. The zero-order valence-electron chi connectivity index (χ0n) is 16.4. The Hall–Kier alpha value is -2.26. The van der Waals surface area contributed by atoms with Crippen LogP contribution in [0.3, 0.4) is 0 Å². The van der Waals surface area contributed by atoms with Crippen molar-refractivity contribution in [1.82, 2.24) is 4.90 Å². The predicted molar refractivity (Wildman–Crippen MR) is 111 cm³/mol. The highest BCUT2D eigenvalue weighted by atomic mass is 16.5. The van der Waals surface area contributed by atoms with Gasteiger partial charge in [-0.05, 0) is 78.3 Å². The summed E-state index contributed by atoms with van der Waals surface area (Å²) in [5, 5.41) is 0. The molecular formula is C24H29NO2. The van der Waals surface area contributed by atoms with Crippen molar-refractivity contribution < 1.29 is 9.47 Å². The molecule has 27 heavy (non-hydrogen) atoms. The second kappa shape index (κ2) is 8.18. The van der Waals surface area contributed by atoms with Gasteiger partial charge in [-0.15, -0.1) is 0 Å². The van der Waals surface area contributed by atoms with Crippen molar-refractivity contribution in [3.8, 4) is 11.5 Å². The first-order valence-electron chi connectivity index (χ1n) is 10.1. The van der Waals surface area contributed by atoms with E-state index in [9.17, 15) is 0 Å². The molecular weight excluding hydrogens is 334 g/mol. The molecule has 1 heterocycles. The maximum atomic E-state index is 5.97. The number of hydrogen-bond acceptors (Lipinski definition) is 3. The van der Waals surface area contributed by atoms with Gasteiger partial charge < -0.3 is 9.47 Å². The molecule has 0 aromatic heterocycles. The standard InChI is InChI=1S/C24H29NO2/c1-18-12-13-25(17-18)14-15-27-21-8-6-19(7-9-21)23-5-3-4-20-16-22(26-2)10-11-24(20)23/h5-11,16,18H,3-4,12-15,17H2,1-2H3. The number of ether oxygens (including phenoxy) is 2. The fourth-order valence-electron chi connectivity index (χ4n) is 4.17. The number of aryl methyl sites for hydroxylation is 1. The van der Waals surface area contributed by atoms with E-state index >= 15 is 0 Å². The van der Waals surface area contributed by atoms with Gasteiger partial charge in [-0.25, -0.2) is 0 Å². The minimum atomic E-state index is 0.761. The normalized spacial score (nSPS) is 19.5. The first-order chi connectivity index (χ1) is 13.2. The van der Waals surface area contributed by atoms with Crippen LogP contribution in [0, 0.1) is 5.92 Å². The molecule has 2 aliphatic rings. The molecule has 1 unspecified atom stereocenters. The van der Waals surface area contributed by atoms with Gasteiger partial charge >= 0.3 is 0 Å². The van der Waals surface area contributed by atoms with Crippen molar-refractivity contribution in [3.63, 3.8) is 0 Å². The van der Waals surface area contributed by atoms with Gasteiger partial charge in [-0.1, -0.05) is 31.2 Å². The molecule has 2 aromatic carbocycles. The van der Waals surface area contributed by atoms with Crippen molar-refractivity contribution >= 4 is 5.57 Å². The summed E-state index contributed by atoms with van der Waals surface area (Å²) in [6.45, 7) is 6.53. The number of hydrogen-bond donors (Lipinski definition) is 0. The van der Waals surface area contributed by atoms with Crippen LogP contribution in [0.15, 0.2) is 48.5 Å². The van der Waals surface area contributed by atoms with Crippen molar-refractivity contribution in [3.05, 3.63) is 65.2 Å². The Labute approximate surface area is 162 Å². The monoisotopic (exact) mass is 363 g/mol. The molecule has 0 radical (unpaired) electrons. The third-order valence-electron chi connectivity index (χ3n) is 5.71. The second-order valence-corrected chi connectivity index (χ2v) is 7.75. The summed E-state index contributed by atoms with van der Waals surface area (Å²) in [6.07, 6.45) is 5.81. The Morgan fingerprint density at radius 3 is 2.63 bits per heavy atom. The van der Waals surface area contributed by atoms with E-state index in [0.717, 1.165) is 43.4 Å². The Morgan fingerprint density at radius 1 is 1.07 bits per heavy atom. The van der Waals surface area contributed by atoms with Gasteiger partial charge in [0, 0.05) is 13.1 Å². The van der Waals surface area contributed by atoms with Gasteiger partial charge in [0.25, 0.3) is 0 Å². The molecule has 0 saturated carbocycles. The van der Waals surface area contributed by atoms with Gasteiger partial charge in [0.2, 0.25) is 0 Å². The van der Waals surface area contributed by atoms with Crippen molar-refractivity contribution in [2.45, 2.75) is 26.2 Å². The third-order valence-corrected chi connectivity index (χ3v) is 5.71. The molecule has 1 aliphatic heterocycles. The molecule has 0 bridgehead atoms. The summed E-state index contributed by atoms with van der Waals surface area (Å²) < 4.78 is 11.3. The molecule has 0 amide bonds. The molecule has 1 fully saturated rings. The highest BCUT2D eigenvalue weighted by Gasteiger charge is 2.18. The zero-order valence-corrected chi connectivity index (χ0v) is 16.4. The molecule has 1 saturated heterocycles. The van der Waals surface area contributed by atoms with Gasteiger partial charge in [0.05, 0.1) is 7.11 Å². The molecule has 4 rings (SSSR count). The number of nitrogens with zero attached hydrogens (tertiary/aromatic N) is 1. The highest BCUT2D eigenvalue weighted by molar-refractivity contribution is 5.83. The summed E-state index contributed by atoms with van der Waals surface area (Å²) >= 11 is 0. The maximum Gasteiger partial charge on any atom is 0.119 e. The molecule has 2 aromatic rings. The lowest BCUT2D eigenvalue weighted by molar-refractivity contribution is 0.234. The Kier molecular flexibility index (Phi) is 5.49. The molecule has 1 atom stereocenters. The van der Waals surface area contributed by atoms with Gasteiger partial charge in [0.15, 0.2) is 0 Å². The van der Waals surface area contributed by atoms with E-state index in [1.165, 1.54) is 41.8 Å². The summed E-state index contributed by atoms with van der Waals surface area (Å²) in [5.41, 5.74) is 5.25. The van der Waals surface area contributed by atoms with Crippen LogP contribution in [0.25, 0.3) is 5.57 Å². The van der Waals surface area contributed by atoms with E-state index < -0.39 is 0 Å². The molecule has 0 spiro atoms. The van der Waals surface area contributed by atoms with Gasteiger partial charge in [-0.3, -0.25) is 4.90 Å². The summed E-state index contributed by atoms with van der Waals surface area (Å²) in [6, 6.07) is 15.0. The van der Waals surface area contributed by atoms with Gasteiger partial charge in [-0.2, -0.15) is 0 Å². The topological polar surface area (TPSA) is 21.7 Å². The summed E-state index contributed by atoms with van der Waals surface area (Å²) in [4.78, 5) is 2.50. The van der Waals surface area contributed by atoms with E-state index in [1.807, 2.05) is 0 Å². The number of fused-ring (bicyclic) bond motifs is 1. The van der Waals surface area contributed by atoms with Crippen LogP contribution < -0.4 is 9.47 Å². The van der Waals surface area contributed by atoms with Crippen LogP contribution >= 0.6 is 0 Å². The summed E-state index contributed by atoms with van der Waals surface area (Å²) in [7, 11) is 1.73. The predicted octanol–water partition coefficient (Wildman–Crippen LogP) is 4.79. The molecule has 1 aliphatic carbocycles. The second-order valence-electron chi connectivity index (χ2n) is 7.75. The van der Waals surface area contributed by atoms with Crippen LogP contribution in [0.2, 0.25) is 0 Å². The molecule has 142 valence electrons. The van der Waals surface area contributed by atoms with Crippen LogP contribution in [-0.2, 0) is 6.42 Å². The number of likely N-dealkylation sites (tertiary alicyclic amines) is 1. The molecule has 3 nitrogen and oxygen atoms in total. The SMILES string of the molecule is COc1ccc2c(c1)CCC=C2c1ccc(OCCN2CCC(C)C2)cc1. The van der Waals surface area contributed by atoms with E-state index in [4.69, 9.17) is 9.47 Å². The quantitative estimate of drug-likeness (QED) is 0.736. The number of rotatable bonds is 6. The van der Waals surface area contributed by atoms with E-state index in [1.54, 1.807) is 7.11 Å². The lowest BCUT2D eigenvalue weighted by atomic mass is 9.87. The minimum absolute atomic E-state index is 0.761. The maximum absolute atomic E-state index is 5.97. The van der Waals surface area contributed by atoms with Crippen LogP contribution in [0.4, 0.5) is 0 Å². The lowest BCUT2D eigenvalue weighted by Gasteiger charge is -2.19. The van der Waals surface area contributed by atoms with Gasteiger partial charge in [0.1, 0.15) is 18.1 Å². The summed E-state index contributed by atoms with van der Waals surface area (Å²) in [5.74, 6) is 2.72. The Bertz CT molecular complexity index is 810. The minimum Gasteiger partial charge on any atom is -0.497 e. The average Bonchev–Trinajstić information content (AvgIpc) is 3.12. The number of allylic oxidation sites excluding steroid dienone is 1. The van der Waals surface area contributed by atoms with Crippen LogP contribution in [0.1, 0.15) is 36.5 Å². The smallest absolute Gasteiger partial charge is 0.119 e. The lowest BCUT2D eigenvalue weighted by Crippen LogP contribution is -2.25. The van der Waals surface area contributed by atoms with Crippen LogP contribution in [0.5, 0.6) is 11.5 Å². The number of benzene rings is 2. The molecule has 3 heteroatoms. The molecule has 0 N–H and O–H groups in total. The third kappa shape index (κ3) is 4.19. The highest BCUT2D eigenvalue weighted by Crippen LogP contribution is 2.34. The number of methoxy groups -OCH3 is 1. The van der Waals surface area contributed by atoms with Crippen molar-refractivity contribution in [2.24, 2.45) is 5.92 Å². The Balaban J connectivity index is 1.40. The average molecular weight is 364 g/mol. The first-order valence-corrected chi connectivity index (χ1v) is 10.1. The van der Waals surface area contributed by atoms with E-state index in [2.05, 4.69) is 60.4 Å². The fourth-order valence-corrected chi connectivity index (χ4v) is 4.17. The van der Waals surface area contributed by atoms with Crippen molar-refractivity contribution in [1.29, 1.82) is 0 Å². The van der Waals surface area contributed by atoms with Crippen LogP contribution in [-0.4, -0.2) is 38.3 Å². The fraction of sp³-hybridized carbons (Fsp3) is 0.417. The van der Waals surface area contributed by atoms with E-state index in [-0.39, 0.29) is 0 Å². The zero-order chi connectivity index (χ0) is 18.6. The van der Waals surface area contributed by atoms with E-state index in [0.29, 0.717) is 0 Å². The van der Waals surface area contributed by atoms with Crippen molar-refractivity contribution in [2.75, 3.05) is 33.4 Å². The largest absolute Gasteiger partial charge is 0.497 e.